The predicted octanol–water partition coefficient (Wildman–Crippen LogP) is 8.13. The van der Waals surface area contributed by atoms with Gasteiger partial charge in [-0.15, -0.1) is 6.58 Å². The summed E-state index contributed by atoms with van der Waals surface area (Å²) in [5.41, 5.74) is 1.18. The van der Waals surface area contributed by atoms with Crippen molar-refractivity contribution in [1.29, 1.82) is 0 Å². The molecule has 1 saturated heterocycles. The normalized spacial score (nSPS) is 28.5. The molecule has 188 valence electrons. The van der Waals surface area contributed by atoms with Gasteiger partial charge in [-0.25, -0.2) is 13.2 Å². The van der Waals surface area contributed by atoms with Gasteiger partial charge in [0, 0.05) is 5.56 Å². The van der Waals surface area contributed by atoms with Crippen molar-refractivity contribution in [2.24, 2.45) is 11.8 Å². The van der Waals surface area contributed by atoms with Gasteiger partial charge in [0.15, 0.2) is 23.2 Å². The van der Waals surface area contributed by atoms with Crippen molar-refractivity contribution in [1.82, 2.24) is 0 Å². The molecule has 0 N–H and O–H groups in total. The first kappa shape index (κ1) is 24.4. The highest BCUT2D eigenvalue weighted by Crippen LogP contribution is 2.42. The monoisotopic (exact) mass is 488 g/mol. The summed E-state index contributed by atoms with van der Waals surface area (Å²) in [6, 6.07) is 6.52. The Morgan fingerprint density at radius 2 is 1.26 bits per heavy atom. The Bertz CT molecular complexity index is 1060. The van der Waals surface area contributed by atoms with E-state index in [9.17, 15) is 8.78 Å². The van der Waals surface area contributed by atoms with Crippen molar-refractivity contribution >= 4 is 0 Å². The fourth-order valence-electron chi connectivity index (χ4n) is 5.86. The molecule has 0 radical (unpaired) electrons. The fraction of sp³-hybridized carbons (Fsp3) is 0.517. The number of hydrogen-bond donors (Lipinski definition) is 0. The quantitative estimate of drug-likeness (QED) is 0.223. The number of benzene rings is 2. The van der Waals surface area contributed by atoms with Crippen LogP contribution in [0.15, 0.2) is 36.9 Å². The second kappa shape index (κ2) is 10.3. The van der Waals surface area contributed by atoms with Gasteiger partial charge in [0.05, 0.1) is 13.2 Å². The van der Waals surface area contributed by atoms with Crippen LogP contribution in [0.5, 0.6) is 5.75 Å². The zero-order chi connectivity index (χ0) is 24.5. The van der Waals surface area contributed by atoms with Crippen LogP contribution >= 0.6 is 0 Å². The van der Waals surface area contributed by atoms with Crippen molar-refractivity contribution in [2.45, 2.75) is 69.3 Å². The lowest BCUT2D eigenvalue weighted by molar-refractivity contribution is 0.191. The van der Waals surface area contributed by atoms with Gasteiger partial charge in [-0.2, -0.15) is 4.39 Å². The molecule has 35 heavy (non-hydrogen) atoms. The molecule has 2 aromatic carbocycles. The van der Waals surface area contributed by atoms with Gasteiger partial charge >= 0.3 is 0 Å². The van der Waals surface area contributed by atoms with E-state index in [1.54, 1.807) is 12.1 Å². The summed E-state index contributed by atoms with van der Waals surface area (Å²) in [5, 5.41) is 0. The molecule has 1 unspecified atom stereocenters. The minimum absolute atomic E-state index is 0.0432. The molecule has 2 nitrogen and oxygen atoms in total. The molecule has 0 spiro atoms. The van der Waals surface area contributed by atoms with Gasteiger partial charge in [-0.05, 0) is 98.3 Å². The second-order valence-electron chi connectivity index (χ2n) is 10.4. The number of hydrogen-bond acceptors (Lipinski definition) is 2. The number of rotatable bonds is 7. The summed E-state index contributed by atoms with van der Waals surface area (Å²) in [6.07, 6.45) is 8.21. The van der Waals surface area contributed by atoms with E-state index < -0.39 is 23.3 Å². The van der Waals surface area contributed by atoms with Crippen molar-refractivity contribution in [2.75, 3.05) is 13.2 Å². The summed E-state index contributed by atoms with van der Waals surface area (Å²) >= 11 is 0. The summed E-state index contributed by atoms with van der Waals surface area (Å²) in [6.45, 7) is 4.53. The molecule has 0 bridgehead atoms. The van der Waals surface area contributed by atoms with E-state index in [-0.39, 0.29) is 41.8 Å². The molecule has 2 aromatic rings. The van der Waals surface area contributed by atoms with Gasteiger partial charge in [-0.3, -0.25) is 0 Å². The lowest BCUT2D eigenvalue weighted by atomic mass is 9.76. The molecular formula is C29H32F4O2. The Balaban J connectivity index is 1.16. The van der Waals surface area contributed by atoms with Crippen LogP contribution in [-0.4, -0.2) is 13.2 Å². The van der Waals surface area contributed by atoms with Crippen LogP contribution in [-0.2, 0) is 4.74 Å². The highest BCUT2D eigenvalue weighted by molar-refractivity contribution is 5.34. The van der Waals surface area contributed by atoms with Crippen molar-refractivity contribution < 1.29 is 27.0 Å². The van der Waals surface area contributed by atoms with Crippen LogP contribution in [0.1, 0.15) is 86.0 Å². The fourth-order valence-corrected chi connectivity index (χ4v) is 5.86. The first-order valence-electron chi connectivity index (χ1n) is 12.8. The van der Waals surface area contributed by atoms with Gasteiger partial charge < -0.3 is 9.47 Å². The Kier molecular flexibility index (Phi) is 7.19. The second-order valence-corrected chi connectivity index (χ2v) is 10.4. The van der Waals surface area contributed by atoms with Crippen LogP contribution in [0.4, 0.5) is 17.6 Å². The van der Waals surface area contributed by atoms with Crippen molar-refractivity contribution in [3.63, 3.8) is 0 Å². The number of allylic oxidation sites excluding steroid dienone is 1. The molecule has 2 saturated carbocycles. The maximum Gasteiger partial charge on any atom is 0.200 e. The van der Waals surface area contributed by atoms with E-state index in [2.05, 4.69) is 6.58 Å². The lowest BCUT2D eigenvalue weighted by Gasteiger charge is -2.30. The van der Waals surface area contributed by atoms with Crippen LogP contribution in [0.2, 0.25) is 0 Å². The summed E-state index contributed by atoms with van der Waals surface area (Å²) in [7, 11) is 0. The van der Waals surface area contributed by atoms with E-state index in [1.807, 2.05) is 6.08 Å². The lowest BCUT2D eigenvalue weighted by Crippen LogP contribution is -2.21. The zero-order valence-electron chi connectivity index (χ0n) is 19.9. The smallest absolute Gasteiger partial charge is 0.200 e. The Labute approximate surface area is 204 Å². The standard InChI is InChI=1S/C29H32F4O2/c1-2-17-3-7-19(8-4-17)21-11-12-22(27(31)26(21)30)20-9-5-18(6-10-20)15-34-24-14-13-23(25-16-35-25)28(32)29(24)33/h2,11-14,17-20,25H,1,3-10,15-16H2. The maximum atomic E-state index is 15.1. The number of epoxide rings is 1. The third-order valence-corrected chi connectivity index (χ3v) is 8.21. The average Bonchev–Trinajstić information content (AvgIpc) is 3.72. The Hall–Kier alpha value is -2.34. The maximum absolute atomic E-state index is 15.1. The molecule has 0 aromatic heterocycles. The van der Waals surface area contributed by atoms with Gasteiger partial charge in [0.1, 0.15) is 6.10 Å². The van der Waals surface area contributed by atoms with E-state index in [0.717, 1.165) is 38.5 Å². The molecule has 1 atom stereocenters. The molecular weight excluding hydrogens is 456 g/mol. The average molecular weight is 489 g/mol. The molecule has 3 fully saturated rings. The summed E-state index contributed by atoms with van der Waals surface area (Å²) in [5.74, 6) is -2.72. The van der Waals surface area contributed by atoms with Gasteiger partial charge in [0.25, 0.3) is 0 Å². The van der Waals surface area contributed by atoms with Crippen LogP contribution in [0.3, 0.4) is 0 Å². The largest absolute Gasteiger partial charge is 0.490 e. The highest BCUT2D eigenvalue weighted by atomic mass is 19.2. The minimum atomic E-state index is -0.984. The third kappa shape index (κ3) is 5.13. The van der Waals surface area contributed by atoms with Crippen LogP contribution < -0.4 is 4.74 Å². The van der Waals surface area contributed by atoms with Crippen LogP contribution in [0, 0.1) is 35.1 Å². The molecule has 2 aliphatic carbocycles. The highest BCUT2D eigenvalue weighted by Gasteiger charge is 2.32. The molecule has 3 aliphatic rings. The minimum Gasteiger partial charge on any atom is -0.490 e. The number of halogens is 4. The predicted molar refractivity (Wildman–Crippen MR) is 126 cm³/mol. The van der Waals surface area contributed by atoms with Gasteiger partial charge in [-0.1, -0.05) is 18.2 Å². The SMILES string of the molecule is C=CC1CCC(c2ccc(C3CCC(COc4ccc(C5CO5)c(F)c4F)CC3)c(F)c2F)CC1. The van der Waals surface area contributed by atoms with E-state index >= 15 is 8.78 Å². The molecule has 1 aliphatic heterocycles. The van der Waals surface area contributed by atoms with Crippen LogP contribution in [0.25, 0.3) is 0 Å². The van der Waals surface area contributed by atoms with E-state index in [4.69, 9.17) is 9.47 Å². The van der Waals surface area contributed by atoms with E-state index in [1.165, 1.54) is 12.1 Å². The topological polar surface area (TPSA) is 21.8 Å². The molecule has 0 amide bonds. The molecule has 6 heteroatoms. The Morgan fingerprint density at radius 3 is 1.80 bits per heavy atom. The van der Waals surface area contributed by atoms with Crippen molar-refractivity contribution in [3.05, 3.63) is 76.9 Å². The first-order chi connectivity index (χ1) is 17.0. The Morgan fingerprint density at radius 1 is 0.743 bits per heavy atom. The zero-order valence-corrected chi connectivity index (χ0v) is 19.9. The summed E-state index contributed by atoms with van der Waals surface area (Å²) < 4.78 is 69.3. The first-order valence-corrected chi connectivity index (χ1v) is 12.8. The summed E-state index contributed by atoms with van der Waals surface area (Å²) in [4.78, 5) is 0. The third-order valence-electron chi connectivity index (χ3n) is 8.21. The van der Waals surface area contributed by atoms with Gasteiger partial charge in [0.2, 0.25) is 5.82 Å². The number of ether oxygens (including phenoxy) is 2. The molecule has 1 heterocycles. The molecule has 5 rings (SSSR count). The van der Waals surface area contributed by atoms with E-state index in [0.29, 0.717) is 36.5 Å². The van der Waals surface area contributed by atoms with Crippen molar-refractivity contribution in [3.8, 4) is 5.75 Å².